The van der Waals surface area contributed by atoms with E-state index in [0.29, 0.717) is 49.8 Å². The summed E-state index contributed by atoms with van der Waals surface area (Å²) in [6, 6.07) is 7.10. The molecule has 4 heterocycles. The number of rotatable bonds is 6. The van der Waals surface area contributed by atoms with Crippen LogP contribution in [0.4, 0.5) is 0 Å². The Kier molecular flexibility index (Phi) is 5.93. The molecule has 1 N–H and O–H groups in total. The summed E-state index contributed by atoms with van der Waals surface area (Å²) in [4.78, 5) is 20.7. The minimum Gasteiger partial charge on any atom is -0.350 e. The van der Waals surface area contributed by atoms with Crippen LogP contribution in [0.25, 0.3) is 11.4 Å². The molecule has 1 aliphatic rings. The Morgan fingerprint density at radius 2 is 2.13 bits per heavy atom. The van der Waals surface area contributed by atoms with E-state index in [-0.39, 0.29) is 16.0 Å². The van der Waals surface area contributed by atoms with E-state index < -0.39 is 10.0 Å². The molecule has 0 spiro atoms. The van der Waals surface area contributed by atoms with Crippen molar-refractivity contribution in [1.82, 2.24) is 24.7 Å². The maximum absolute atomic E-state index is 13.0. The van der Waals surface area contributed by atoms with Gasteiger partial charge in [-0.1, -0.05) is 11.2 Å². The van der Waals surface area contributed by atoms with Crippen molar-refractivity contribution in [2.75, 3.05) is 13.1 Å². The van der Waals surface area contributed by atoms with E-state index in [0.717, 1.165) is 17.0 Å². The number of piperidine rings is 1. The number of carbonyl (C=O) groups is 1. The van der Waals surface area contributed by atoms with E-state index in [4.69, 9.17) is 4.52 Å². The van der Waals surface area contributed by atoms with Gasteiger partial charge in [-0.15, -0.1) is 11.3 Å². The number of thiophene rings is 1. The normalized spacial score (nSPS) is 15.9. The van der Waals surface area contributed by atoms with Crippen LogP contribution in [-0.2, 0) is 21.4 Å². The summed E-state index contributed by atoms with van der Waals surface area (Å²) in [6.07, 6.45) is 2.64. The first-order chi connectivity index (χ1) is 14.4. The molecule has 0 saturated carbocycles. The lowest BCUT2D eigenvalue weighted by molar-refractivity contribution is -0.126. The van der Waals surface area contributed by atoms with Crippen molar-refractivity contribution in [3.8, 4) is 11.4 Å². The van der Waals surface area contributed by atoms with Gasteiger partial charge in [0.15, 0.2) is 0 Å². The van der Waals surface area contributed by atoms with Gasteiger partial charge in [-0.05, 0) is 31.0 Å². The monoisotopic (exact) mass is 447 g/mol. The topological polar surface area (TPSA) is 118 Å². The quantitative estimate of drug-likeness (QED) is 0.615. The third kappa shape index (κ3) is 4.42. The predicted octanol–water partition coefficient (Wildman–Crippen LogP) is 2.22. The predicted molar refractivity (Wildman–Crippen MR) is 110 cm³/mol. The summed E-state index contributed by atoms with van der Waals surface area (Å²) in [5.41, 5.74) is 1.40. The molecule has 1 aliphatic heterocycles. The molecule has 30 heavy (non-hydrogen) atoms. The SMILES string of the molecule is Cc1nc(-c2csc(S(=O)(=O)N3CCC(C(=O)NCc4ccccn4)CC3)c2)no1. The van der Waals surface area contributed by atoms with Crippen molar-refractivity contribution in [2.45, 2.75) is 30.5 Å². The molecule has 0 bridgehead atoms. The lowest BCUT2D eigenvalue weighted by Crippen LogP contribution is -2.42. The fourth-order valence-electron chi connectivity index (χ4n) is 3.30. The zero-order valence-corrected chi connectivity index (χ0v) is 17.9. The first kappa shape index (κ1) is 20.6. The number of aromatic nitrogens is 3. The highest BCUT2D eigenvalue weighted by Gasteiger charge is 2.33. The Hall–Kier alpha value is -2.63. The van der Waals surface area contributed by atoms with Crippen LogP contribution in [0, 0.1) is 12.8 Å². The molecule has 0 aromatic carbocycles. The van der Waals surface area contributed by atoms with E-state index in [2.05, 4.69) is 20.4 Å². The summed E-state index contributed by atoms with van der Waals surface area (Å²) in [6.45, 7) is 2.65. The molecule has 0 atom stereocenters. The van der Waals surface area contributed by atoms with E-state index in [1.807, 2.05) is 18.2 Å². The molecule has 0 unspecified atom stereocenters. The van der Waals surface area contributed by atoms with Gasteiger partial charge in [0, 0.05) is 43.1 Å². The van der Waals surface area contributed by atoms with Gasteiger partial charge in [0.25, 0.3) is 10.0 Å². The van der Waals surface area contributed by atoms with Crippen LogP contribution in [0.3, 0.4) is 0 Å². The van der Waals surface area contributed by atoms with E-state index in [1.165, 1.54) is 4.31 Å². The molecule has 1 fully saturated rings. The van der Waals surface area contributed by atoms with Crippen molar-refractivity contribution < 1.29 is 17.7 Å². The van der Waals surface area contributed by atoms with Gasteiger partial charge in [0.2, 0.25) is 17.6 Å². The fourth-order valence-corrected chi connectivity index (χ4v) is 6.08. The summed E-state index contributed by atoms with van der Waals surface area (Å²) in [7, 11) is -3.62. The van der Waals surface area contributed by atoms with Crippen LogP contribution in [0.15, 0.2) is 44.6 Å². The van der Waals surface area contributed by atoms with Crippen molar-refractivity contribution in [1.29, 1.82) is 0 Å². The summed E-state index contributed by atoms with van der Waals surface area (Å²) in [5, 5.41) is 8.42. The molecular weight excluding hydrogens is 426 g/mol. The van der Waals surface area contributed by atoms with Crippen LogP contribution < -0.4 is 5.32 Å². The largest absolute Gasteiger partial charge is 0.350 e. The smallest absolute Gasteiger partial charge is 0.252 e. The molecule has 9 nitrogen and oxygen atoms in total. The molecule has 3 aromatic heterocycles. The van der Waals surface area contributed by atoms with Gasteiger partial charge in [0.05, 0.1) is 12.2 Å². The summed E-state index contributed by atoms with van der Waals surface area (Å²) >= 11 is 1.13. The Labute approximate surface area is 178 Å². The van der Waals surface area contributed by atoms with Crippen molar-refractivity contribution in [2.24, 2.45) is 5.92 Å². The van der Waals surface area contributed by atoms with Gasteiger partial charge in [-0.25, -0.2) is 8.42 Å². The van der Waals surface area contributed by atoms with Crippen LogP contribution >= 0.6 is 11.3 Å². The molecule has 3 aromatic rings. The zero-order valence-electron chi connectivity index (χ0n) is 16.3. The lowest BCUT2D eigenvalue weighted by Gasteiger charge is -2.30. The number of pyridine rings is 1. The van der Waals surface area contributed by atoms with Gasteiger partial charge in [0.1, 0.15) is 4.21 Å². The molecule has 1 saturated heterocycles. The highest BCUT2D eigenvalue weighted by molar-refractivity contribution is 7.91. The fraction of sp³-hybridized carbons (Fsp3) is 0.368. The van der Waals surface area contributed by atoms with E-state index in [9.17, 15) is 13.2 Å². The molecule has 1 amide bonds. The van der Waals surface area contributed by atoms with Crippen molar-refractivity contribution in [3.05, 3.63) is 47.4 Å². The van der Waals surface area contributed by atoms with E-state index in [1.54, 1.807) is 24.6 Å². The van der Waals surface area contributed by atoms with Crippen LogP contribution in [0.1, 0.15) is 24.4 Å². The number of sulfonamides is 1. The van der Waals surface area contributed by atoms with Gasteiger partial charge in [-0.3, -0.25) is 9.78 Å². The number of carbonyl (C=O) groups excluding carboxylic acids is 1. The third-order valence-electron chi connectivity index (χ3n) is 4.95. The number of nitrogens with one attached hydrogen (secondary N) is 1. The number of hydrogen-bond donors (Lipinski definition) is 1. The zero-order chi connectivity index (χ0) is 21.1. The molecule has 4 rings (SSSR count). The summed E-state index contributed by atoms with van der Waals surface area (Å²) < 4.78 is 32.6. The average molecular weight is 448 g/mol. The van der Waals surface area contributed by atoms with Gasteiger partial charge >= 0.3 is 0 Å². The standard InChI is InChI=1S/C19H21N5O4S2/c1-13-22-18(23-28-13)15-10-17(29-12-15)30(26,27)24-8-5-14(6-9-24)19(25)21-11-16-4-2-3-7-20-16/h2-4,7,10,12,14H,5-6,8-9,11H2,1H3,(H,21,25). The van der Waals surface area contributed by atoms with Crippen molar-refractivity contribution in [3.63, 3.8) is 0 Å². The minimum absolute atomic E-state index is 0.0661. The highest BCUT2D eigenvalue weighted by Crippen LogP contribution is 2.31. The van der Waals surface area contributed by atoms with Crippen molar-refractivity contribution >= 4 is 27.3 Å². The van der Waals surface area contributed by atoms with Crippen LogP contribution in [-0.4, -0.2) is 46.8 Å². The maximum Gasteiger partial charge on any atom is 0.252 e. The number of amides is 1. The molecule has 158 valence electrons. The minimum atomic E-state index is -3.62. The molecule has 0 radical (unpaired) electrons. The highest BCUT2D eigenvalue weighted by atomic mass is 32.2. The summed E-state index contributed by atoms with van der Waals surface area (Å²) in [5.74, 6) is 0.516. The van der Waals surface area contributed by atoms with Gasteiger partial charge < -0.3 is 9.84 Å². The second kappa shape index (κ2) is 8.62. The number of aryl methyl sites for hydroxylation is 1. The molecule has 11 heteroatoms. The Bertz CT molecular complexity index is 1120. The maximum atomic E-state index is 13.0. The molecular formula is C19H21N5O4S2. The first-order valence-electron chi connectivity index (χ1n) is 9.50. The third-order valence-corrected chi connectivity index (χ3v) is 8.26. The average Bonchev–Trinajstić information content (AvgIpc) is 3.42. The van der Waals surface area contributed by atoms with Crippen LogP contribution in [0.5, 0.6) is 0 Å². The Morgan fingerprint density at radius 3 is 2.80 bits per heavy atom. The van der Waals surface area contributed by atoms with Gasteiger partial charge in [-0.2, -0.15) is 9.29 Å². The second-order valence-electron chi connectivity index (χ2n) is 7.01. The lowest BCUT2D eigenvalue weighted by atomic mass is 9.97. The molecule has 0 aliphatic carbocycles. The number of hydrogen-bond acceptors (Lipinski definition) is 8. The first-order valence-corrected chi connectivity index (χ1v) is 11.8. The Balaban J connectivity index is 1.35. The number of nitrogens with zero attached hydrogens (tertiary/aromatic N) is 4. The second-order valence-corrected chi connectivity index (χ2v) is 10.1. The Morgan fingerprint density at radius 1 is 1.33 bits per heavy atom. The van der Waals surface area contributed by atoms with E-state index >= 15 is 0 Å². The van der Waals surface area contributed by atoms with Crippen LogP contribution in [0.2, 0.25) is 0 Å².